The molecular weight excluding hydrogens is 160 g/mol. The average Bonchev–Trinajstić information content (AvgIpc) is 2.33. The Morgan fingerprint density at radius 3 is 3.00 bits per heavy atom. The fourth-order valence-electron chi connectivity index (χ4n) is 0.943. The van der Waals surface area contributed by atoms with Crippen LogP contribution < -0.4 is 0 Å². The number of hydrogen-bond donors (Lipinski definition) is 1. The number of fused-ring (bicyclic) bond motifs is 1. The van der Waals surface area contributed by atoms with Gasteiger partial charge in [0.15, 0.2) is 0 Å². The lowest BCUT2D eigenvalue weighted by atomic mass is 10.3. The summed E-state index contributed by atoms with van der Waals surface area (Å²) in [6, 6.07) is 8.31. The van der Waals surface area contributed by atoms with Crippen molar-refractivity contribution in [2.24, 2.45) is 0 Å². The van der Waals surface area contributed by atoms with Crippen LogP contribution in [0.5, 0.6) is 0 Å². The first-order valence-electron chi connectivity index (χ1n) is 3.02. The van der Waals surface area contributed by atoms with Crippen LogP contribution in [-0.2, 0) is 0 Å². The molecule has 0 atom stereocenters. The average molecular weight is 166 g/mol. The Morgan fingerprint density at radius 1 is 1.20 bits per heavy atom. The van der Waals surface area contributed by atoms with Crippen molar-refractivity contribution < 1.29 is 0 Å². The third-order valence-electron chi connectivity index (χ3n) is 1.44. The van der Waals surface area contributed by atoms with Gasteiger partial charge in [-0.2, -0.15) is 0 Å². The van der Waals surface area contributed by atoms with Crippen LogP contribution in [-0.4, -0.2) is 0 Å². The fraction of sp³-hybridized carbons (Fsp3) is 0. The summed E-state index contributed by atoms with van der Waals surface area (Å²) in [6.45, 7) is 0. The highest BCUT2D eigenvalue weighted by atomic mass is 32.1. The van der Waals surface area contributed by atoms with Crippen LogP contribution in [0.4, 0.5) is 0 Å². The molecule has 50 valence electrons. The Kier molecular flexibility index (Phi) is 1.43. The van der Waals surface area contributed by atoms with E-state index in [1.54, 1.807) is 11.3 Å². The van der Waals surface area contributed by atoms with E-state index >= 15 is 0 Å². The standard InChI is InChI=1S/C8H6S2/c9-7-2-1-6-3-4-10-8(6)5-7/h1-5,9H. The summed E-state index contributed by atoms with van der Waals surface area (Å²) < 4.78 is 1.31. The molecule has 0 nitrogen and oxygen atoms in total. The highest BCUT2D eigenvalue weighted by molar-refractivity contribution is 7.80. The second-order valence-electron chi connectivity index (χ2n) is 2.14. The fourth-order valence-corrected chi connectivity index (χ4v) is 2.06. The van der Waals surface area contributed by atoms with Crippen molar-refractivity contribution in [1.82, 2.24) is 0 Å². The first-order valence-corrected chi connectivity index (χ1v) is 4.35. The van der Waals surface area contributed by atoms with Crippen molar-refractivity contribution in [3.8, 4) is 0 Å². The van der Waals surface area contributed by atoms with Crippen molar-refractivity contribution >= 4 is 34.1 Å². The molecule has 0 saturated heterocycles. The summed E-state index contributed by atoms with van der Waals surface area (Å²) in [4.78, 5) is 1.04. The lowest BCUT2D eigenvalue weighted by Gasteiger charge is -1.89. The van der Waals surface area contributed by atoms with E-state index in [0.717, 1.165) is 4.90 Å². The van der Waals surface area contributed by atoms with Crippen molar-refractivity contribution in [3.05, 3.63) is 29.6 Å². The van der Waals surface area contributed by atoms with Crippen molar-refractivity contribution in [3.63, 3.8) is 0 Å². The third kappa shape index (κ3) is 0.935. The van der Waals surface area contributed by atoms with Gasteiger partial charge in [0.1, 0.15) is 0 Å². The molecule has 10 heavy (non-hydrogen) atoms. The van der Waals surface area contributed by atoms with E-state index in [9.17, 15) is 0 Å². The molecule has 0 amide bonds. The first-order chi connectivity index (χ1) is 4.86. The van der Waals surface area contributed by atoms with Crippen LogP contribution in [0.3, 0.4) is 0 Å². The minimum Gasteiger partial charge on any atom is -0.144 e. The maximum Gasteiger partial charge on any atom is 0.0353 e. The summed E-state index contributed by atoms with van der Waals surface area (Å²) in [5.74, 6) is 0. The molecule has 0 N–H and O–H groups in total. The van der Waals surface area contributed by atoms with Gasteiger partial charge in [0.25, 0.3) is 0 Å². The van der Waals surface area contributed by atoms with Gasteiger partial charge in [-0.1, -0.05) is 6.07 Å². The van der Waals surface area contributed by atoms with Crippen LogP contribution in [0.25, 0.3) is 10.1 Å². The molecule has 0 aliphatic carbocycles. The van der Waals surface area contributed by atoms with E-state index < -0.39 is 0 Å². The SMILES string of the molecule is Sc1ccc2ccsc2c1. The summed E-state index contributed by atoms with van der Waals surface area (Å²) in [6.07, 6.45) is 0. The zero-order valence-electron chi connectivity index (χ0n) is 5.24. The Morgan fingerprint density at radius 2 is 2.10 bits per heavy atom. The lowest BCUT2D eigenvalue weighted by molar-refractivity contribution is 1.55. The van der Waals surface area contributed by atoms with Crippen molar-refractivity contribution in [2.45, 2.75) is 4.90 Å². The van der Waals surface area contributed by atoms with Crippen molar-refractivity contribution in [2.75, 3.05) is 0 Å². The molecule has 0 bridgehead atoms. The zero-order valence-corrected chi connectivity index (χ0v) is 6.95. The molecule has 1 heterocycles. The lowest BCUT2D eigenvalue weighted by Crippen LogP contribution is -1.62. The summed E-state index contributed by atoms with van der Waals surface area (Å²) in [5, 5.41) is 3.40. The molecule has 2 heteroatoms. The zero-order chi connectivity index (χ0) is 6.97. The largest absolute Gasteiger partial charge is 0.144 e. The molecule has 0 aliphatic rings. The van der Waals surface area contributed by atoms with E-state index in [0.29, 0.717) is 0 Å². The smallest absolute Gasteiger partial charge is 0.0353 e. The van der Waals surface area contributed by atoms with Gasteiger partial charge < -0.3 is 0 Å². The Labute approximate surface area is 68.9 Å². The van der Waals surface area contributed by atoms with Crippen LogP contribution in [0.15, 0.2) is 34.5 Å². The molecule has 0 unspecified atom stereocenters. The van der Waals surface area contributed by atoms with Gasteiger partial charge in [0.05, 0.1) is 0 Å². The van der Waals surface area contributed by atoms with E-state index in [4.69, 9.17) is 0 Å². The number of thiophene rings is 1. The highest BCUT2D eigenvalue weighted by Gasteiger charge is 1.92. The molecule has 0 radical (unpaired) electrons. The van der Waals surface area contributed by atoms with Gasteiger partial charge in [-0.05, 0) is 29.0 Å². The second-order valence-corrected chi connectivity index (χ2v) is 3.61. The summed E-state index contributed by atoms with van der Waals surface area (Å²) in [5.41, 5.74) is 0. The van der Waals surface area contributed by atoms with E-state index in [-0.39, 0.29) is 0 Å². The second kappa shape index (κ2) is 2.29. The molecule has 2 rings (SSSR count). The third-order valence-corrected chi connectivity index (χ3v) is 2.60. The molecule has 0 spiro atoms. The van der Waals surface area contributed by atoms with E-state index in [1.807, 2.05) is 6.07 Å². The molecule has 0 saturated carbocycles. The monoisotopic (exact) mass is 166 g/mol. The van der Waals surface area contributed by atoms with E-state index in [1.165, 1.54) is 10.1 Å². The minimum absolute atomic E-state index is 1.04. The maximum absolute atomic E-state index is 4.24. The molecule has 0 aliphatic heterocycles. The summed E-state index contributed by atoms with van der Waals surface area (Å²) >= 11 is 5.99. The summed E-state index contributed by atoms with van der Waals surface area (Å²) in [7, 11) is 0. The van der Waals surface area contributed by atoms with Crippen LogP contribution in [0, 0.1) is 0 Å². The topological polar surface area (TPSA) is 0 Å². The van der Waals surface area contributed by atoms with Gasteiger partial charge in [0, 0.05) is 9.60 Å². The normalized spacial score (nSPS) is 10.5. The van der Waals surface area contributed by atoms with Crippen molar-refractivity contribution in [1.29, 1.82) is 0 Å². The highest BCUT2D eigenvalue weighted by Crippen LogP contribution is 2.22. The molecular formula is C8H6S2. The quantitative estimate of drug-likeness (QED) is 0.571. The number of thiol groups is 1. The number of hydrogen-bond acceptors (Lipinski definition) is 2. The van der Waals surface area contributed by atoms with Crippen LogP contribution in [0.2, 0.25) is 0 Å². The van der Waals surface area contributed by atoms with Gasteiger partial charge >= 0.3 is 0 Å². The van der Waals surface area contributed by atoms with Crippen LogP contribution >= 0.6 is 24.0 Å². The maximum atomic E-state index is 4.24. The number of rotatable bonds is 0. The molecule has 1 aromatic carbocycles. The predicted molar refractivity (Wildman–Crippen MR) is 49.1 cm³/mol. The van der Waals surface area contributed by atoms with Gasteiger partial charge in [-0.15, -0.1) is 24.0 Å². The van der Waals surface area contributed by atoms with Gasteiger partial charge in [-0.3, -0.25) is 0 Å². The molecule has 0 fully saturated rings. The minimum atomic E-state index is 1.04. The Hall–Kier alpha value is -0.470. The molecule has 1 aromatic heterocycles. The Balaban J connectivity index is 2.86. The van der Waals surface area contributed by atoms with Gasteiger partial charge in [0.2, 0.25) is 0 Å². The van der Waals surface area contributed by atoms with Gasteiger partial charge in [-0.25, -0.2) is 0 Å². The first kappa shape index (κ1) is 6.25. The molecule has 2 aromatic rings. The van der Waals surface area contributed by atoms with Crippen LogP contribution in [0.1, 0.15) is 0 Å². The number of benzene rings is 1. The predicted octanol–water partition coefficient (Wildman–Crippen LogP) is 3.19. The van der Waals surface area contributed by atoms with E-state index in [2.05, 4.69) is 36.2 Å². The Bertz CT molecular complexity index is 349.